The summed E-state index contributed by atoms with van der Waals surface area (Å²) in [5.74, 6) is 0.660. The second-order valence-electron chi connectivity index (χ2n) is 3.89. The SMILES string of the molecule is COC(=O)CCc1cccc(OC(C)C)c1. The van der Waals surface area contributed by atoms with E-state index in [1.54, 1.807) is 0 Å². The van der Waals surface area contributed by atoms with E-state index in [1.165, 1.54) is 7.11 Å². The summed E-state index contributed by atoms with van der Waals surface area (Å²) in [5, 5.41) is 0. The number of carbonyl (C=O) groups excluding carboxylic acids is 1. The van der Waals surface area contributed by atoms with E-state index in [-0.39, 0.29) is 12.1 Å². The van der Waals surface area contributed by atoms with Gasteiger partial charge in [-0.25, -0.2) is 0 Å². The Bertz CT molecular complexity index is 345. The first kappa shape index (κ1) is 12.6. The first-order valence-corrected chi connectivity index (χ1v) is 5.44. The second kappa shape index (κ2) is 6.16. The number of aryl methyl sites for hydroxylation is 1. The van der Waals surface area contributed by atoms with Crippen LogP contribution in [-0.2, 0) is 16.0 Å². The van der Waals surface area contributed by atoms with Gasteiger partial charge < -0.3 is 9.47 Å². The fourth-order valence-electron chi connectivity index (χ4n) is 1.39. The van der Waals surface area contributed by atoms with Gasteiger partial charge in [0.25, 0.3) is 0 Å². The maximum atomic E-state index is 11.0. The Morgan fingerprint density at radius 1 is 1.38 bits per heavy atom. The number of carbonyl (C=O) groups is 1. The predicted octanol–water partition coefficient (Wildman–Crippen LogP) is 2.58. The predicted molar refractivity (Wildman–Crippen MR) is 62.5 cm³/mol. The zero-order chi connectivity index (χ0) is 12.0. The summed E-state index contributed by atoms with van der Waals surface area (Å²) in [6.07, 6.45) is 1.25. The molecule has 0 aliphatic rings. The van der Waals surface area contributed by atoms with Crippen molar-refractivity contribution in [2.45, 2.75) is 32.8 Å². The molecule has 0 unspecified atom stereocenters. The Balaban J connectivity index is 2.56. The molecule has 0 aliphatic carbocycles. The summed E-state index contributed by atoms with van der Waals surface area (Å²) >= 11 is 0. The van der Waals surface area contributed by atoms with Crippen LogP contribution >= 0.6 is 0 Å². The fourth-order valence-corrected chi connectivity index (χ4v) is 1.39. The molecule has 0 N–H and O–H groups in total. The largest absolute Gasteiger partial charge is 0.491 e. The summed E-state index contributed by atoms with van der Waals surface area (Å²) < 4.78 is 10.2. The lowest BCUT2D eigenvalue weighted by Gasteiger charge is -2.10. The van der Waals surface area contributed by atoms with Crippen molar-refractivity contribution >= 4 is 5.97 Å². The monoisotopic (exact) mass is 222 g/mol. The van der Waals surface area contributed by atoms with Gasteiger partial charge in [-0.15, -0.1) is 0 Å². The molecule has 0 fully saturated rings. The van der Waals surface area contributed by atoms with Crippen LogP contribution in [0.25, 0.3) is 0 Å². The van der Waals surface area contributed by atoms with E-state index in [9.17, 15) is 4.79 Å². The third-order valence-corrected chi connectivity index (χ3v) is 2.12. The minimum absolute atomic E-state index is 0.163. The first-order chi connectivity index (χ1) is 7.61. The van der Waals surface area contributed by atoms with Crippen molar-refractivity contribution in [1.29, 1.82) is 0 Å². The Kier molecular flexibility index (Phi) is 4.83. The van der Waals surface area contributed by atoms with Gasteiger partial charge in [-0.2, -0.15) is 0 Å². The fraction of sp³-hybridized carbons (Fsp3) is 0.462. The van der Waals surface area contributed by atoms with Crippen LogP contribution in [0.2, 0.25) is 0 Å². The number of esters is 1. The van der Waals surface area contributed by atoms with Crippen LogP contribution in [0.3, 0.4) is 0 Å². The Morgan fingerprint density at radius 2 is 2.12 bits per heavy atom. The van der Waals surface area contributed by atoms with Gasteiger partial charge in [0.1, 0.15) is 5.75 Å². The van der Waals surface area contributed by atoms with Gasteiger partial charge >= 0.3 is 5.97 Å². The van der Waals surface area contributed by atoms with Crippen molar-refractivity contribution in [3.8, 4) is 5.75 Å². The topological polar surface area (TPSA) is 35.5 Å². The van der Waals surface area contributed by atoms with Crippen LogP contribution in [-0.4, -0.2) is 19.2 Å². The van der Waals surface area contributed by atoms with Gasteiger partial charge in [-0.1, -0.05) is 12.1 Å². The van der Waals surface area contributed by atoms with Gasteiger partial charge in [0.05, 0.1) is 13.2 Å². The molecule has 88 valence electrons. The summed E-state index contributed by atoms with van der Waals surface area (Å²) in [6.45, 7) is 3.97. The molecular formula is C13H18O3. The zero-order valence-corrected chi connectivity index (χ0v) is 10.0. The van der Waals surface area contributed by atoms with E-state index in [0.29, 0.717) is 12.8 Å². The maximum absolute atomic E-state index is 11.0. The maximum Gasteiger partial charge on any atom is 0.305 e. The quantitative estimate of drug-likeness (QED) is 0.718. The van der Waals surface area contributed by atoms with Gasteiger partial charge in [-0.05, 0) is 38.0 Å². The molecule has 0 saturated carbocycles. The smallest absolute Gasteiger partial charge is 0.305 e. The molecule has 16 heavy (non-hydrogen) atoms. The summed E-state index contributed by atoms with van der Waals surface area (Å²) in [6, 6.07) is 7.80. The first-order valence-electron chi connectivity index (χ1n) is 5.44. The zero-order valence-electron chi connectivity index (χ0n) is 10.0. The van der Waals surface area contributed by atoms with Crippen LogP contribution in [0.4, 0.5) is 0 Å². The highest BCUT2D eigenvalue weighted by molar-refractivity contribution is 5.69. The molecule has 3 nitrogen and oxygen atoms in total. The summed E-state index contributed by atoms with van der Waals surface area (Å²) in [4.78, 5) is 11.0. The summed E-state index contributed by atoms with van der Waals surface area (Å²) in [7, 11) is 1.40. The van der Waals surface area contributed by atoms with Crippen molar-refractivity contribution in [2.75, 3.05) is 7.11 Å². The number of hydrogen-bond acceptors (Lipinski definition) is 3. The molecule has 1 aromatic rings. The minimum atomic E-state index is -0.185. The number of benzene rings is 1. The summed E-state index contributed by atoms with van der Waals surface area (Å²) in [5.41, 5.74) is 1.09. The average Bonchev–Trinajstić information content (AvgIpc) is 2.25. The second-order valence-corrected chi connectivity index (χ2v) is 3.89. The molecule has 0 saturated heterocycles. The number of methoxy groups -OCH3 is 1. The molecular weight excluding hydrogens is 204 g/mol. The molecule has 1 rings (SSSR count). The van der Waals surface area contributed by atoms with E-state index >= 15 is 0 Å². The van der Waals surface area contributed by atoms with Crippen LogP contribution in [0.1, 0.15) is 25.8 Å². The third kappa shape index (κ3) is 4.34. The highest BCUT2D eigenvalue weighted by Gasteiger charge is 2.03. The van der Waals surface area contributed by atoms with Gasteiger partial charge in [-0.3, -0.25) is 4.79 Å². The minimum Gasteiger partial charge on any atom is -0.491 e. The van der Waals surface area contributed by atoms with Crippen LogP contribution < -0.4 is 4.74 Å². The van der Waals surface area contributed by atoms with Crippen LogP contribution in [0, 0.1) is 0 Å². The lowest BCUT2D eigenvalue weighted by Crippen LogP contribution is -2.06. The molecule has 0 spiro atoms. The van der Waals surface area contributed by atoms with Crippen molar-refractivity contribution in [2.24, 2.45) is 0 Å². The van der Waals surface area contributed by atoms with Crippen LogP contribution in [0.15, 0.2) is 24.3 Å². The van der Waals surface area contributed by atoms with E-state index in [1.807, 2.05) is 38.1 Å². The van der Waals surface area contributed by atoms with Crippen molar-refractivity contribution in [1.82, 2.24) is 0 Å². The Morgan fingerprint density at radius 3 is 2.75 bits per heavy atom. The van der Waals surface area contributed by atoms with E-state index in [4.69, 9.17) is 4.74 Å². The molecule has 1 aromatic carbocycles. The van der Waals surface area contributed by atoms with Gasteiger partial charge in [0.15, 0.2) is 0 Å². The van der Waals surface area contributed by atoms with Crippen LogP contribution in [0.5, 0.6) is 5.75 Å². The highest BCUT2D eigenvalue weighted by atomic mass is 16.5. The third-order valence-electron chi connectivity index (χ3n) is 2.12. The van der Waals surface area contributed by atoms with Gasteiger partial charge in [0.2, 0.25) is 0 Å². The lowest BCUT2D eigenvalue weighted by molar-refractivity contribution is -0.140. The molecule has 0 heterocycles. The molecule has 0 amide bonds. The molecule has 0 aliphatic heterocycles. The highest BCUT2D eigenvalue weighted by Crippen LogP contribution is 2.16. The molecule has 0 bridgehead atoms. The number of hydrogen-bond donors (Lipinski definition) is 0. The number of rotatable bonds is 5. The Hall–Kier alpha value is -1.51. The molecule has 0 radical (unpaired) electrons. The molecule has 3 heteroatoms. The van der Waals surface area contributed by atoms with Crippen molar-refractivity contribution in [3.63, 3.8) is 0 Å². The Labute approximate surface area is 96.4 Å². The standard InChI is InChI=1S/C13H18O3/c1-10(2)16-12-6-4-5-11(9-12)7-8-13(14)15-3/h4-6,9-10H,7-8H2,1-3H3. The molecule has 0 aromatic heterocycles. The normalized spacial score (nSPS) is 10.2. The van der Waals surface area contributed by atoms with Gasteiger partial charge in [0, 0.05) is 6.42 Å². The van der Waals surface area contributed by atoms with E-state index < -0.39 is 0 Å². The lowest BCUT2D eigenvalue weighted by atomic mass is 10.1. The number of ether oxygens (including phenoxy) is 2. The van der Waals surface area contributed by atoms with E-state index in [2.05, 4.69) is 4.74 Å². The van der Waals surface area contributed by atoms with Crippen molar-refractivity contribution < 1.29 is 14.3 Å². The van der Waals surface area contributed by atoms with Crippen molar-refractivity contribution in [3.05, 3.63) is 29.8 Å². The van der Waals surface area contributed by atoms with E-state index in [0.717, 1.165) is 11.3 Å². The average molecular weight is 222 g/mol. The molecule has 0 atom stereocenters.